The van der Waals surface area contributed by atoms with E-state index in [-0.39, 0.29) is 0 Å². The fourth-order valence-electron chi connectivity index (χ4n) is 1.28. The molecular formula is C8H11N3S. The quantitative estimate of drug-likeness (QED) is 0.764. The van der Waals surface area contributed by atoms with Crippen LogP contribution in [0.4, 0.5) is 0 Å². The maximum absolute atomic E-state index is 5.55. The van der Waals surface area contributed by atoms with Crippen LogP contribution in [0, 0.1) is 0 Å². The molecule has 12 heavy (non-hydrogen) atoms. The average Bonchev–Trinajstić information content (AvgIpc) is 2.61. The van der Waals surface area contributed by atoms with Gasteiger partial charge in [-0.2, -0.15) is 5.10 Å². The summed E-state index contributed by atoms with van der Waals surface area (Å²) in [5.41, 5.74) is 6.76. The van der Waals surface area contributed by atoms with E-state index in [0.717, 1.165) is 6.54 Å². The molecule has 4 heteroatoms. The number of aryl methyl sites for hydroxylation is 1. The number of hydrogen-bond acceptors (Lipinski definition) is 3. The van der Waals surface area contributed by atoms with Crippen LogP contribution in [-0.4, -0.2) is 9.78 Å². The van der Waals surface area contributed by atoms with Crippen LogP contribution >= 0.6 is 11.3 Å². The summed E-state index contributed by atoms with van der Waals surface area (Å²) in [7, 11) is 0. The minimum absolute atomic E-state index is 0.628. The number of fused-ring (bicyclic) bond motifs is 1. The van der Waals surface area contributed by atoms with E-state index in [1.807, 2.05) is 10.9 Å². The van der Waals surface area contributed by atoms with Crippen molar-refractivity contribution in [1.82, 2.24) is 9.78 Å². The van der Waals surface area contributed by atoms with Crippen molar-refractivity contribution < 1.29 is 0 Å². The molecule has 0 unspecified atom stereocenters. The molecule has 0 radical (unpaired) electrons. The highest BCUT2D eigenvalue weighted by Crippen LogP contribution is 2.24. The summed E-state index contributed by atoms with van der Waals surface area (Å²) in [5.74, 6) is 0. The monoisotopic (exact) mass is 181 g/mol. The van der Waals surface area contributed by atoms with Gasteiger partial charge < -0.3 is 5.73 Å². The highest BCUT2D eigenvalue weighted by molar-refractivity contribution is 7.19. The number of thiophene rings is 1. The zero-order valence-corrected chi connectivity index (χ0v) is 7.77. The number of rotatable bonds is 2. The third-order valence-corrected chi connectivity index (χ3v) is 2.97. The van der Waals surface area contributed by atoms with Gasteiger partial charge in [-0.3, -0.25) is 4.68 Å². The van der Waals surface area contributed by atoms with Crippen LogP contribution in [-0.2, 0) is 13.1 Å². The predicted octanol–water partition coefficient (Wildman–Crippen LogP) is 1.58. The average molecular weight is 181 g/mol. The molecule has 0 amide bonds. The normalized spacial score (nSPS) is 11.2. The summed E-state index contributed by atoms with van der Waals surface area (Å²) >= 11 is 1.73. The molecule has 0 aliphatic carbocycles. The molecule has 64 valence electrons. The van der Waals surface area contributed by atoms with Gasteiger partial charge in [0, 0.05) is 18.0 Å². The maximum atomic E-state index is 5.55. The van der Waals surface area contributed by atoms with E-state index in [4.69, 9.17) is 5.73 Å². The first-order valence-corrected chi connectivity index (χ1v) is 4.81. The fraction of sp³-hybridized carbons (Fsp3) is 0.375. The van der Waals surface area contributed by atoms with Crippen LogP contribution in [0.2, 0.25) is 0 Å². The number of hydrogen-bond donors (Lipinski definition) is 1. The van der Waals surface area contributed by atoms with Crippen molar-refractivity contribution >= 4 is 21.6 Å². The van der Waals surface area contributed by atoms with Crippen molar-refractivity contribution in [2.75, 3.05) is 0 Å². The second-order valence-electron chi connectivity index (χ2n) is 2.63. The second kappa shape index (κ2) is 2.88. The van der Waals surface area contributed by atoms with E-state index < -0.39 is 0 Å². The smallest absolute Gasteiger partial charge is 0.0793 e. The molecule has 0 atom stereocenters. The van der Waals surface area contributed by atoms with E-state index >= 15 is 0 Å². The van der Waals surface area contributed by atoms with E-state index in [1.165, 1.54) is 15.1 Å². The molecule has 0 spiro atoms. The predicted molar refractivity (Wildman–Crippen MR) is 51.2 cm³/mol. The van der Waals surface area contributed by atoms with Crippen molar-refractivity contribution in [2.24, 2.45) is 5.73 Å². The number of aromatic nitrogens is 2. The molecule has 0 aliphatic heterocycles. The second-order valence-corrected chi connectivity index (χ2v) is 3.79. The van der Waals surface area contributed by atoms with Crippen LogP contribution in [0.25, 0.3) is 10.2 Å². The Morgan fingerprint density at radius 2 is 2.50 bits per heavy atom. The number of nitrogens with zero attached hydrogens (tertiary/aromatic N) is 2. The maximum Gasteiger partial charge on any atom is 0.0793 e. The molecular weight excluding hydrogens is 170 g/mol. The zero-order valence-electron chi connectivity index (χ0n) is 6.95. The lowest BCUT2D eigenvalue weighted by Gasteiger charge is -1.93. The summed E-state index contributed by atoms with van der Waals surface area (Å²) in [6.45, 7) is 3.64. The van der Waals surface area contributed by atoms with Gasteiger partial charge in [-0.15, -0.1) is 11.3 Å². The first-order valence-electron chi connectivity index (χ1n) is 3.99. The summed E-state index contributed by atoms with van der Waals surface area (Å²) in [5, 5.41) is 4.24. The van der Waals surface area contributed by atoms with Gasteiger partial charge in [-0.25, -0.2) is 0 Å². The van der Waals surface area contributed by atoms with Crippen LogP contribution in [0.3, 0.4) is 0 Å². The zero-order chi connectivity index (χ0) is 8.55. The Morgan fingerprint density at radius 3 is 3.17 bits per heavy atom. The van der Waals surface area contributed by atoms with E-state index in [9.17, 15) is 0 Å². The molecule has 0 saturated heterocycles. The minimum Gasteiger partial charge on any atom is -0.326 e. The third-order valence-electron chi connectivity index (χ3n) is 1.88. The summed E-state index contributed by atoms with van der Waals surface area (Å²) in [6.07, 6.45) is 1.91. The molecule has 2 rings (SSSR count). The Morgan fingerprint density at radius 1 is 1.67 bits per heavy atom. The molecule has 3 nitrogen and oxygen atoms in total. The standard InChI is InChI=1S/C8H11N3S/c1-2-11-7-3-6(4-9)12-8(7)5-10-11/h3,5H,2,4,9H2,1H3. The summed E-state index contributed by atoms with van der Waals surface area (Å²) < 4.78 is 3.22. The minimum atomic E-state index is 0.628. The summed E-state index contributed by atoms with van der Waals surface area (Å²) in [6, 6.07) is 2.12. The Hall–Kier alpha value is -0.870. The van der Waals surface area contributed by atoms with E-state index in [1.54, 1.807) is 11.3 Å². The lowest BCUT2D eigenvalue weighted by Crippen LogP contribution is -1.95. The Bertz CT molecular complexity index is 388. The third kappa shape index (κ3) is 1.04. The largest absolute Gasteiger partial charge is 0.326 e. The molecule has 0 aliphatic rings. The Balaban J connectivity index is 2.60. The molecule has 2 heterocycles. The van der Waals surface area contributed by atoms with Gasteiger partial charge in [0.2, 0.25) is 0 Å². The van der Waals surface area contributed by atoms with Crippen LogP contribution in [0.15, 0.2) is 12.3 Å². The first-order chi connectivity index (χ1) is 5.85. The van der Waals surface area contributed by atoms with Gasteiger partial charge in [0.1, 0.15) is 0 Å². The molecule has 2 aromatic rings. The van der Waals surface area contributed by atoms with Gasteiger partial charge in [0.15, 0.2) is 0 Å². The first kappa shape index (κ1) is 7.76. The molecule has 2 N–H and O–H groups in total. The van der Waals surface area contributed by atoms with Crippen LogP contribution in [0.1, 0.15) is 11.8 Å². The highest BCUT2D eigenvalue weighted by Gasteiger charge is 2.04. The fourth-order valence-corrected chi connectivity index (χ4v) is 2.18. The molecule has 0 fully saturated rings. The van der Waals surface area contributed by atoms with Gasteiger partial charge >= 0.3 is 0 Å². The topological polar surface area (TPSA) is 43.8 Å². The summed E-state index contributed by atoms with van der Waals surface area (Å²) in [4.78, 5) is 1.23. The van der Waals surface area contributed by atoms with Gasteiger partial charge in [0.05, 0.1) is 16.4 Å². The van der Waals surface area contributed by atoms with Gasteiger partial charge in [-0.05, 0) is 13.0 Å². The highest BCUT2D eigenvalue weighted by atomic mass is 32.1. The Labute approximate surface area is 74.8 Å². The van der Waals surface area contributed by atoms with Crippen molar-refractivity contribution in [2.45, 2.75) is 20.0 Å². The molecule has 0 aromatic carbocycles. The van der Waals surface area contributed by atoms with Crippen LogP contribution in [0.5, 0.6) is 0 Å². The van der Waals surface area contributed by atoms with Crippen LogP contribution < -0.4 is 5.73 Å². The van der Waals surface area contributed by atoms with Crippen molar-refractivity contribution in [1.29, 1.82) is 0 Å². The molecule has 0 bridgehead atoms. The molecule has 2 aromatic heterocycles. The molecule has 0 saturated carbocycles. The van der Waals surface area contributed by atoms with Crippen molar-refractivity contribution in [3.63, 3.8) is 0 Å². The van der Waals surface area contributed by atoms with E-state index in [2.05, 4.69) is 18.1 Å². The van der Waals surface area contributed by atoms with Crippen molar-refractivity contribution in [3.05, 3.63) is 17.1 Å². The Kier molecular flexibility index (Phi) is 1.86. The SMILES string of the molecule is CCn1ncc2sc(CN)cc21. The lowest BCUT2D eigenvalue weighted by molar-refractivity contribution is 0.684. The van der Waals surface area contributed by atoms with Crippen molar-refractivity contribution in [3.8, 4) is 0 Å². The lowest BCUT2D eigenvalue weighted by atomic mass is 10.4. The van der Waals surface area contributed by atoms with E-state index in [0.29, 0.717) is 6.54 Å². The van der Waals surface area contributed by atoms with Gasteiger partial charge in [0.25, 0.3) is 0 Å². The van der Waals surface area contributed by atoms with Gasteiger partial charge in [-0.1, -0.05) is 0 Å². The number of nitrogens with two attached hydrogens (primary N) is 1.